The van der Waals surface area contributed by atoms with Gasteiger partial charge in [-0.2, -0.15) is 0 Å². The van der Waals surface area contributed by atoms with Crippen LogP contribution in [0.15, 0.2) is 18.2 Å². The van der Waals surface area contributed by atoms with Gasteiger partial charge in [0.2, 0.25) is 5.91 Å². The molecule has 4 heteroatoms. The Hall–Kier alpha value is -1.71. The van der Waals surface area contributed by atoms with Crippen molar-refractivity contribution in [2.45, 2.75) is 27.2 Å². The number of hydrogen-bond acceptors (Lipinski definition) is 3. The number of carbonyl (C=O) groups excluding carboxylic acids is 1. The maximum absolute atomic E-state index is 12.1. The first-order chi connectivity index (χ1) is 8.44. The highest BCUT2D eigenvalue weighted by molar-refractivity contribution is 5.96. The van der Waals surface area contributed by atoms with Crippen LogP contribution in [0.25, 0.3) is 0 Å². The normalized spacial score (nSPS) is 10.9. The van der Waals surface area contributed by atoms with E-state index < -0.39 is 5.41 Å². The average molecular weight is 251 g/mol. The fourth-order valence-electron chi connectivity index (χ4n) is 1.36. The van der Waals surface area contributed by atoms with E-state index >= 15 is 0 Å². The van der Waals surface area contributed by atoms with Crippen LogP contribution in [0.5, 0.6) is 11.5 Å². The molecule has 1 amide bonds. The molecule has 1 rings (SSSR count). The van der Waals surface area contributed by atoms with Gasteiger partial charge in [-0.3, -0.25) is 4.79 Å². The summed E-state index contributed by atoms with van der Waals surface area (Å²) in [5.41, 5.74) is 0.219. The molecule has 1 N–H and O–H groups in total. The van der Waals surface area contributed by atoms with Gasteiger partial charge in [0.1, 0.15) is 11.5 Å². The number of benzene rings is 1. The Morgan fingerprint density at radius 1 is 1.28 bits per heavy atom. The maximum Gasteiger partial charge on any atom is 0.230 e. The van der Waals surface area contributed by atoms with Crippen molar-refractivity contribution < 1.29 is 14.3 Å². The monoisotopic (exact) mass is 251 g/mol. The van der Waals surface area contributed by atoms with Crippen molar-refractivity contribution in [3.8, 4) is 11.5 Å². The van der Waals surface area contributed by atoms with Crippen molar-refractivity contribution in [1.29, 1.82) is 0 Å². The van der Waals surface area contributed by atoms with Crippen molar-refractivity contribution in [3.63, 3.8) is 0 Å². The van der Waals surface area contributed by atoms with Crippen molar-refractivity contribution in [1.82, 2.24) is 0 Å². The predicted octanol–water partition coefficient (Wildman–Crippen LogP) is 3.08. The van der Waals surface area contributed by atoms with Crippen LogP contribution in [-0.4, -0.2) is 20.1 Å². The Labute approximate surface area is 108 Å². The summed E-state index contributed by atoms with van der Waals surface area (Å²) in [6.45, 7) is 5.81. The summed E-state index contributed by atoms with van der Waals surface area (Å²) in [7, 11) is 3.16. The lowest BCUT2D eigenvalue weighted by atomic mass is 9.89. The van der Waals surface area contributed by atoms with Crippen LogP contribution in [-0.2, 0) is 4.79 Å². The van der Waals surface area contributed by atoms with Crippen LogP contribution in [0.2, 0.25) is 0 Å². The Bertz CT molecular complexity index is 427. The molecule has 0 aliphatic heterocycles. The summed E-state index contributed by atoms with van der Waals surface area (Å²) in [6.07, 6.45) is 0.769. The fraction of sp³-hybridized carbons (Fsp3) is 0.500. The van der Waals surface area contributed by atoms with Gasteiger partial charge in [0, 0.05) is 11.5 Å². The molecule has 0 saturated heterocycles. The molecule has 0 atom stereocenters. The second-order valence-electron chi connectivity index (χ2n) is 4.76. The third kappa shape index (κ3) is 3.15. The molecule has 1 aromatic rings. The average Bonchev–Trinajstić information content (AvgIpc) is 2.38. The molecular formula is C14H21NO3. The van der Waals surface area contributed by atoms with Crippen LogP contribution in [0.4, 0.5) is 5.69 Å². The molecule has 0 heterocycles. The third-order valence-corrected chi connectivity index (χ3v) is 3.15. The van der Waals surface area contributed by atoms with Crippen LogP contribution in [0.3, 0.4) is 0 Å². The van der Waals surface area contributed by atoms with E-state index in [1.165, 1.54) is 0 Å². The van der Waals surface area contributed by atoms with E-state index in [0.717, 1.165) is 6.42 Å². The summed E-state index contributed by atoms with van der Waals surface area (Å²) in [4.78, 5) is 12.1. The zero-order valence-corrected chi connectivity index (χ0v) is 11.7. The third-order valence-electron chi connectivity index (χ3n) is 3.15. The van der Waals surface area contributed by atoms with E-state index in [2.05, 4.69) is 5.32 Å². The number of rotatable bonds is 5. The van der Waals surface area contributed by atoms with E-state index in [0.29, 0.717) is 17.2 Å². The SMILES string of the molecule is CCC(C)(C)C(=O)Nc1cc(OC)ccc1OC. The van der Waals surface area contributed by atoms with Crippen LogP contribution in [0, 0.1) is 5.41 Å². The van der Waals surface area contributed by atoms with Gasteiger partial charge in [-0.1, -0.05) is 20.8 Å². The van der Waals surface area contributed by atoms with Crippen molar-refractivity contribution in [3.05, 3.63) is 18.2 Å². The van der Waals surface area contributed by atoms with Crippen LogP contribution < -0.4 is 14.8 Å². The quantitative estimate of drug-likeness (QED) is 0.874. The summed E-state index contributed by atoms with van der Waals surface area (Å²) in [5.74, 6) is 1.27. The minimum absolute atomic E-state index is 0.0310. The predicted molar refractivity (Wildman–Crippen MR) is 72.2 cm³/mol. The van der Waals surface area contributed by atoms with Gasteiger partial charge >= 0.3 is 0 Å². The molecule has 0 saturated carbocycles. The lowest BCUT2D eigenvalue weighted by Crippen LogP contribution is -2.30. The van der Waals surface area contributed by atoms with Crippen molar-refractivity contribution in [2.75, 3.05) is 19.5 Å². The molecule has 18 heavy (non-hydrogen) atoms. The molecule has 0 fully saturated rings. The zero-order chi connectivity index (χ0) is 13.8. The second-order valence-corrected chi connectivity index (χ2v) is 4.76. The van der Waals surface area contributed by atoms with Gasteiger partial charge in [-0.25, -0.2) is 0 Å². The number of amides is 1. The van der Waals surface area contributed by atoms with E-state index in [9.17, 15) is 4.79 Å². The highest BCUT2D eigenvalue weighted by Gasteiger charge is 2.26. The Balaban J connectivity index is 2.98. The lowest BCUT2D eigenvalue weighted by Gasteiger charge is -2.22. The molecule has 0 spiro atoms. The summed E-state index contributed by atoms with van der Waals surface area (Å²) < 4.78 is 10.4. The van der Waals surface area contributed by atoms with Gasteiger partial charge in [0.05, 0.1) is 19.9 Å². The Morgan fingerprint density at radius 2 is 1.94 bits per heavy atom. The Kier molecular flexibility index (Phi) is 4.59. The second kappa shape index (κ2) is 5.76. The van der Waals surface area contributed by atoms with E-state index in [-0.39, 0.29) is 5.91 Å². The van der Waals surface area contributed by atoms with Crippen molar-refractivity contribution >= 4 is 11.6 Å². The number of hydrogen-bond donors (Lipinski definition) is 1. The topological polar surface area (TPSA) is 47.6 Å². The molecule has 0 aliphatic carbocycles. The first-order valence-corrected chi connectivity index (χ1v) is 5.98. The number of anilines is 1. The lowest BCUT2D eigenvalue weighted by molar-refractivity contribution is -0.124. The number of ether oxygens (including phenoxy) is 2. The standard InChI is InChI=1S/C14H21NO3/c1-6-14(2,3)13(16)15-11-9-10(17-4)7-8-12(11)18-5/h7-9H,6H2,1-5H3,(H,15,16). The molecule has 1 aromatic carbocycles. The number of methoxy groups -OCH3 is 2. The summed E-state index contributed by atoms with van der Waals surface area (Å²) in [5, 5.41) is 2.88. The molecule has 0 unspecified atom stereocenters. The van der Waals surface area contributed by atoms with Crippen LogP contribution >= 0.6 is 0 Å². The smallest absolute Gasteiger partial charge is 0.230 e. The van der Waals surface area contributed by atoms with E-state index in [1.54, 1.807) is 32.4 Å². The van der Waals surface area contributed by atoms with Gasteiger partial charge in [0.15, 0.2) is 0 Å². The minimum Gasteiger partial charge on any atom is -0.497 e. The van der Waals surface area contributed by atoms with Gasteiger partial charge in [-0.15, -0.1) is 0 Å². The molecule has 0 aromatic heterocycles. The fourth-order valence-corrected chi connectivity index (χ4v) is 1.36. The van der Waals surface area contributed by atoms with Gasteiger partial charge in [0.25, 0.3) is 0 Å². The first kappa shape index (κ1) is 14.4. The Morgan fingerprint density at radius 3 is 2.44 bits per heavy atom. The van der Waals surface area contributed by atoms with E-state index in [4.69, 9.17) is 9.47 Å². The zero-order valence-electron chi connectivity index (χ0n) is 11.7. The molecule has 0 radical (unpaired) electrons. The van der Waals surface area contributed by atoms with Gasteiger partial charge in [-0.05, 0) is 18.6 Å². The maximum atomic E-state index is 12.1. The highest BCUT2D eigenvalue weighted by atomic mass is 16.5. The molecule has 100 valence electrons. The number of carbonyl (C=O) groups is 1. The van der Waals surface area contributed by atoms with Gasteiger partial charge < -0.3 is 14.8 Å². The minimum atomic E-state index is -0.409. The molecule has 0 bridgehead atoms. The largest absolute Gasteiger partial charge is 0.497 e. The molecular weight excluding hydrogens is 230 g/mol. The first-order valence-electron chi connectivity index (χ1n) is 5.98. The highest BCUT2D eigenvalue weighted by Crippen LogP contribution is 2.31. The summed E-state index contributed by atoms with van der Waals surface area (Å²) in [6, 6.07) is 5.31. The summed E-state index contributed by atoms with van der Waals surface area (Å²) >= 11 is 0. The number of nitrogens with one attached hydrogen (secondary N) is 1. The molecule has 4 nitrogen and oxygen atoms in total. The van der Waals surface area contributed by atoms with E-state index in [1.807, 2.05) is 20.8 Å². The van der Waals surface area contributed by atoms with Crippen molar-refractivity contribution in [2.24, 2.45) is 5.41 Å². The van der Waals surface area contributed by atoms with Crippen LogP contribution in [0.1, 0.15) is 27.2 Å². The molecule has 0 aliphatic rings.